The first-order chi connectivity index (χ1) is 8.65. The maximum Gasteiger partial charge on any atom is 0.309 e. The molecule has 0 fully saturated rings. The Morgan fingerprint density at radius 3 is 3.06 bits per heavy atom. The first kappa shape index (κ1) is 13.6. The predicted molar refractivity (Wildman–Crippen MR) is 71.0 cm³/mol. The van der Waals surface area contributed by atoms with E-state index in [0.717, 1.165) is 29.7 Å². The lowest BCUT2D eigenvalue weighted by Gasteiger charge is -2.23. The van der Waals surface area contributed by atoms with Gasteiger partial charge in [0, 0.05) is 11.3 Å². The number of pyridine rings is 1. The van der Waals surface area contributed by atoms with Gasteiger partial charge in [0.25, 0.3) is 0 Å². The SMILES string of the molecule is CCOC(=O)C1CCc2nc(Cl)c(CCl)cc2C1. The van der Waals surface area contributed by atoms with Gasteiger partial charge in [0.05, 0.1) is 18.4 Å². The van der Waals surface area contributed by atoms with Gasteiger partial charge in [-0.15, -0.1) is 11.6 Å². The molecule has 3 nitrogen and oxygen atoms in total. The van der Waals surface area contributed by atoms with E-state index in [0.29, 0.717) is 24.1 Å². The number of alkyl halides is 1. The summed E-state index contributed by atoms with van der Waals surface area (Å²) in [5.74, 6) is 0.150. The lowest BCUT2D eigenvalue weighted by molar-refractivity contribution is -0.148. The molecule has 0 radical (unpaired) electrons. The molecule has 0 aromatic carbocycles. The van der Waals surface area contributed by atoms with Crippen molar-refractivity contribution in [2.75, 3.05) is 6.61 Å². The molecule has 1 heterocycles. The third-order valence-corrected chi connectivity index (χ3v) is 3.79. The maximum absolute atomic E-state index is 11.7. The fourth-order valence-corrected chi connectivity index (χ4v) is 2.74. The van der Waals surface area contributed by atoms with Gasteiger partial charge in [-0.1, -0.05) is 11.6 Å². The molecule has 1 aromatic rings. The molecule has 0 amide bonds. The predicted octanol–water partition coefficient (Wildman–Crippen LogP) is 3.14. The van der Waals surface area contributed by atoms with Crippen LogP contribution in [0.3, 0.4) is 0 Å². The first-order valence-electron chi connectivity index (χ1n) is 6.05. The molecular weight excluding hydrogens is 273 g/mol. The van der Waals surface area contributed by atoms with Crippen LogP contribution in [0.2, 0.25) is 5.15 Å². The fraction of sp³-hybridized carbons (Fsp3) is 0.538. The van der Waals surface area contributed by atoms with Crippen molar-refractivity contribution in [1.29, 1.82) is 0 Å². The number of esters is 1. The number of rotatable bonds is 3. The summed E-state index contributed by atoms with van der Waals surface area (Å²) in [6.45, 7) is 2.25. The van der Waals surface area contributed by atoms with Gasteiger partial charge in [0.2, 0.25) is 0 Å². The van der Waals surface area contributed by atoms with E-state index in [1.807, 2.05) is 13.0 Å². The Bertz CT molecular complexity index is 463. The molecule has 2 rings (SSSR count). The van der Waals surface area contributed by atoms with E-state index in [-0.39, 0.29) is 11.9 Å². The van der Waals surface area contributed by atoms with E-state index in [2.05, 4.69) is 4.98 Å². The third kappa shape index (κ3) is 2.78. The van der Waals surface area contributed by atoms with E-state index in [9.17, 15) is 4.79 Å². The average molecular weight is 288 g/mol. The van der Waals surface area contributed by atoms with Crippen molar-refractivity contribution in [2.24, 2.45) is 5.92 Å². The summed E-state index contributed by atoms with van der Waals surface area (Å²) in [6.07, 6.45) is 2.21. The van der Waals surface area contributed by atoms with Crippen LogP contribution < -0.4 is 0 Å². The molecule has 1 aliphatic rings. The molecule has 0 N–H and O–H groups in total. The zero-order chi connectivity index (χ0) is 13.1. The molecule has 0 bridgehead atoms. The molecule has 0 saturated carbocycles. The van der Waals surface area contributed by atoms with Crippen LogP contribution in [-0.4, -0.2) is 17.6 Å². The standard InChI is InChI=1S/C13H15Cl2NO2/c1-2-18-13(17)8-3-4-11-9(5-8)6-10(7-14)12(15)16-11/h6,8H,2-5,7H2,1H3. The van der Waals surface area contributed by atoms with Gasteiger partial charge in [-0.25, -0.2) is 4.98 Å². The normalized spacial score (nSPS) is 18.3. The summed E-state index contributed by atoms with van der Waals surface area (Å²) < 4.78 is 5.07. The topological polar surface area (TPSA) is 39.2 Å². The average Bonchev–Trinajstić information content (AvgIpc) is 2.37. The summed E-state index contributed by atoms with van der Waals surface area (Å²) in [5.41, 5.74) is 2.87. The smallest absolute Gasteiger partial charge is 0.309 e. The third-order valence-electron chi connectivity index (χ3n) is 3.18. The number of hydrogen-bond acceptors (Lipinski definition) is 3. The lowest BCUT2D eigenvalue weighted by atomic mass is 9.86. The molecule has 1 aliphatic carbocycles. The van der Waals surface area contributed by atoms with Crippen molar-refractivity contribution >= 4 is 29.2 Å². The van der Waals surface area contributed by atoms with Crippen LogP contribution >= 0.6 is 23.2 Å². The van der Waals surface area contributed by atoms with Crippen LogP contribution in [0.25, 0.3) is 0 Å². The lowest BCUT2D eigenvalue weighted by Crippen LogP contribution is -2.25. The summed E-state index contributed by atoms with van der Waals surface area (Å²) in [6, 6.07) is 1.96. The minimum atomic E-state index is -0.120. The highest BCUT2D eigenvalue weighted by Crippen LogP contribution is 2.29. The number of aryl methyl sites for hydroxylation is 1. The molecule has 0 aliphatic heterocycles. The molecule has 98 valence electrons. The second-order valence-electron chi connectivity index (χ2n) is 4.37. The van der Waals surface area contributed by atoms with Crippen molar-refractivity contribution in [1.82, 2.24) is 4.98 Å². The zero-order valence-electron chi connectivity index (χ0n) is 10.2. The highest BCUT2D eigenvalue weighted by atomic mass is 35.5. The van der Waals surface area contributed by atoms with Crippen LogP contribution in [-0.2, 0) is 28.3 Å². The zero-order valence-corrected chi connectivity index (χ0v) is 11.7. The van der Waals surface area contributed by atoms with Gasteiger partial charge in [-0.2, -0.15) is 0 Å². The molecular formula is C13H15Cl2NO2. The molecule has 1 unspecified atom stereocenters. The van der Waals surface area contributed by atoms with Crippen LogP contribution in [0.15, 0.2) is 6.07 Å². The minimum absolute atomic E-state index is 0.0661. The van der Waals surface area contributed by atoms with E-state index in [1.165, 1.54) is 0 Å². The van der Waals surface area contributed by atoms with Gasteiger partial charge >= 0.3 is 5.97 Å². The summed E-state index contributed by atoms with van der Waals surface area (Å²) in [5, 5.41) is 0.471. The molecule has 0 spiro atoms. The number of carbonyl (C=O) groups excluding carboxylic acids is 1. The number of nitrogens with zero attached hydrogens (tertiary/aromatic N) is 1. The van der Waals surface area contributed by atoms with Crippen LogP contribution in [0.1, 0.15) is 30.2 Å². The summed E-state index contributed by atoms with van der Waals surface area (Å²) in [4.78, 5) is 16.1. The highest BCUT2D eigenvalue weighted by molar-refractivity contribution is 6.31. The second-order valence-corrected chi connectivity index (χ2v) is 4.99. The maximum atomic E-state index is 11.7. The number of aromatic nitrogens is 1. The van der Waals surface area contributed by atoms with E-state index >= 15 is 0 Å². The Kier molecular flexibility index (Phi) is 4.46. The number of ether oxygens (including phenoxy) is 1. The molecule has 1 atom stereocenters. The first-order valence-corrected chi connectivity index (χ1v) is 6.96. The van der Waals surface area contributed by atoms with Crippen LogP contribution in [0.4, 0.5) is 0 Å². The van der Waals surface area contributed by atoms with Gasteiger partial charge in [-0.05, 0) is 37.8 Å². The Balaban J connectivity index is 2.20. The number of hydrogen-bond donors (Lipinski definition) is 0. The largest absolute Gasteiger partial charge is 0.466 e. The van der Waals surface area contributed by atoms with Crippen molar-refractivity contribution in [3.63, 3.8) is 0 Å². The van der Waals surface area contributed by atoms with Crippen LogP contribution in [0.5, 0.6) is 0 Å². The number of fused-ring (bicyclic) bond motifs is 1. The Morgan fingerprint density at radius 2 is 2.39 bits per heavy atom. The quantitative estimate of drug-likeness (QED) is 0.487. The van der Waals surface area contributed by atoms with Crippen molar-refractivity contribution in [3.05, 3.63) is 28.0 Å². The summed E-state index contributed by atoms with van der Waals surface area (Å²) >= 11 is 11.8. The van der Waals surface area contributed by atoms with Gasteiger partial charge in [-0.3, -0.25) is 4.79 Å². The monoisotopic (exact) mass is 287 g/mol. The Morgan fingerprint density at radius 1 is 1.61 bits per heavy atom. The second kappa shape index (κ2) is 5.89. The summed E-state index contributed by atoms with van der Waals surface area (Å²) in [7, 11) is 0. The Hall–Kier alpha value is -0.800. The Labute approximate surface area is 116 Å². The fourth-order valence-electron chi connectivity index (χ4n) is 2.24. The molecule has 1 aromatic heterocycles. The highest BCUT2D eigenvalue weighted by Gasteiger charge is 2.27. The molecule has 0 saturated heterocycles. The minimum Gasteiger partial charge on any atom is -0.466 e. The van der Waals surface area contributed by atoms with Gasteiger partial charge in [0.15, 0.2) is 0 Å². The van der Waals surface area contributed by atoms with Crippen molar-refractivity contribution in [3.8, 4) is 0 Å². The van der Waals surface area contributed by atoms with Crippen molar-refractivity contribution in [2.45, 2.75) is 32.1 Å². The molecule has 5 heteroatoms. The molecule has 18 heavy (non-hydrogen) atoms. The van der Waals surface area contributed by atoms with E-state index < -0.39 is 0 Å². The van der Waals surface area contributed by atoms with Gasteiger partial charge < -0.3 is 4.74 Å². The van der Waals surface area contributed by atoms with Crippen LogP contribution in [0, 0.1) is 5.92 Å². The van der Waals surface area contributed by atoms with Crippen molar-refractivity contribution < 1.29 is 9.53 Å². The van der Waals surface area contributed by atoms with E-state index in [4.69, 9.17) is 27.9 Å². The number of carbonyl (C=O) groups is 1. The van der Waals surface area contributed by atoms with Gasteiger partial charge in [0.1, 0.15) is 5.15 Å². The number of halogens is 2. The van der Waals surface area contributed by atoms with E-state index in [1.54, 1.807) is 0 Å².